The highest BCUT2D eigenvalue weighted by Crippen LogP contribution is 2.17. The summed E-state index contributed by atoms with van der Waals surface area (Å²) in [5.74, 6) is 0.0342. The Bertz CT molecular complexity index is 578. The number of aliphatic imine (C=N–C) groups is 1. The number of hydrogen-bond donors (Lipinski definition) is 2. The quantitative estimate of drug-likeness (QED) is 0.420. The molecule has 146 valence electrons. The SMILES string of the molecule is CN=C(NCCCOCC1CCOCC1)NC(C)c1ccc(F)cc1F. The zero-order chi connectivity index (χ0) is 18.8. The van der Waals surface area contributed by atoms with Crippen LogP contribution >= 0.6 is 0 Å². The van der Waals surface area contributed by atoms with Gasteiger partial charge in [-0.15, -0.1) is 0 Å². The van der Waals surface area contributed by atoms with Crippen molar-refractivity contribution in [2.24, 2.45) is 10.9 Å². The standard InChI is InChI=1S/C19H29F2N3O2/c1-14(17-5-4-16(20)12-18(17)21)24-19(22-2)23-8-3-9-26-13-15-6-10-25-11-7-15/h4-5,12,14-15H,3,6-11,13H2,1-2H3,(H2,22,23,24). The highest BCUT2D eigenvalue weighted by molar-refractivity contribution is 5.80. The molecule has 0 saturated carbocycles. The molecule has 1 aromatic carbocycles. The number of ether oxygens (including phenoxy) is 2. The summed E-state index contributed by atoms with van der Waals surface area (Å²) in [6.45, 7) is 5.65. The predicted molar refractivity (Wildman–Crippen MR) is 98.2 cm³/mol. The normalized spacial score (nSPS) is 17.2. The van der Waals surface area contributed by atoms with E-state index >= 15 is 0 Å². The van der Waals surface area contributed by atoms with Crippen molar-refractivity contribution < 1.29 is 18.3 Å². The van der Waals surface area contributed by atoms with E-state index in [0.717, 1.165) is 45.1 Å². The van der Waals surface area contributed by atoms with Gasteiger partial charge in [0.2, 0.25) is 0 Å². The first-order valence-corrected chi connectivity index (χ1v) is 9.17. The van der Waals surface area contributed by atoms with Crippen LogP contribution in [0.15, 0.2) is 23.2 Å². The Morgan fingerprint density at radius 3 is 2.81 bits per heavy atom. The summed E-state index contributed by atoms with van der Waals surface area (Å²) in [6.07, 6.45) is 3.00. The van der Waals surface area contributed by atoms with Gasteiger partial charge in [-0.3, -0.25) is 4.99 Å². The van der Waals surface area contributed by atoms with E-state index in [1.165, 1.54) is 12.1 Å². The van der Waals surface area contributed by atoms with Crippen molar-refractivity contribution in [2.45, 2.75) is 32.2 Å². The lowest BCUT2D eigenvalue weighted by molar-refractivity contribution is 0.0203. The van der Waals surface area contributed by atoms with Gasteiger partial charge in [0.25, 0.3) is 0 Å². The topological polar surface area (TPSA) is 54.9 Å². The molecule has 1 atom stereocenters. The van der Waals surface area contributed by atoms with Crippen molar-refractivity contribution in [3.05, 3.63) is 35.4 Å². The molecule has 0 amide bonds. The molecule has 0 spiro atoms. The lowest BCUT2D eigenvalue weighted by Gasteiger charge is -2.22. The van der Waals surface area contributed by atoms with E-state index in [1.807, 2.05) is 0 Å². The molecule has 2 N–H and O–H groups in total. The molecule has 0 aromatic heterocycles. The number of rotatable bonds is 8. The van der Waals surface area contributed by atoms with Gasteiger partial charge in [0, 0.05) is 51.6 Å². The van der Waals surface area contributed by atoms with Gasteiger partial charge >= 0.3 is 0 Å². The highest BCUT2D eigenvalue weighted by atomic mass is 19.1. The highest BCUT2D eigenvalue weighted by Gasteiger charge is 2.14. The van der Waals surface area contributed by atoms with E-state index in [4.69, 9.17) is 9.47 Å². The van der Waals surface area contributed by atoms with Crippen molar-refractivity contribution >= 4 is 5.96 Å². The first-order chi connectivity index (χ1) is 12.6. The summed E-state index contributed by atoms with van der Waals surface area (Å²) >= 11 is 0. The largest absolute Gasteiger partial charge is 0.381 e. The van der Waals surface area contributed by atoms with E-state index in [2.05, 4.69) is 15.6 Å². The minimum atomic E-state index is -0.582. The second-order valence-electron chi connectivity index (χ2n) is 6.52. The third-order valence-electron chi connectivity index (χ3n) is 4.46. The number of nitrogens with one attached hydrogen (secondary N) is 2. The Labute approximate surface area is 154 Å². The molecule has 1 fully saturated rings. The smallest absolute Gasteiger partial charge is 0.191 e. The number of hydrogen-bond acceptors (Lipinski definition) is 3. The fourth-order valence-electron chi connectivity index (χ4n) is 2.87. The molecule has 0 bridgehead atoms. The van der Waals surface area contributed by atoms with Crippen molar-refractivity contribution in [2.75, 3.05) is 40.0 Å². The van der Waals surface area contributed by atoms with Gasteiger partial charge in [-0.25, -0.2) is 8.78 Å². The summed E-state index contributed by atoms with van der Waals surface area (Å²) in [5, 5.41) is 6.29. The van der Waals surface area contributed by atoms with Crippen molar-refractivity contribution in [3.8, 4) is 0 Å². The average molecular weight is 369 g/mol. The summed E-state index contributed by atoms with van der Waals surface area (Å²) in [4.78, 5) is 4.14. The third kappa shape index (κ3) is 6.88. The van der Waals surface area contributed by atoms with Crippen LogP contribution in [0.1, 0.15) is 37.8 Å². The van der Waals surface area contributed by atoms with Crippen LogP contribution < -0.4 is 10.6 Å². The van der Waals surface area contributed by atoms with E-state index in [1.54, 1.807) is 14.0 Å². The number of nitrogens with zero attached hydrogens (tertiary/aromatic N) is 1. The Hall–Kier alpha value is -1.73. The molecular formula is C19H29F2N3O2. The molecule has 1 saturated heterocycles. The molecule has 1 aliphatic heterocycles. The Morgan fingerprint density at radius 2 is 2.12 bits per heavy atom. The second-order valence-corrected chi connectivity index (χ2v) is 6.52. The molecule has 1 aliphatic rings. The number of guanidine groups is 1. The van der Waals surface area contributed by atoms with E-state index in [-0.39, 0.29) is 6.04 Å². The van der Waals surface area contributed by atoms with Crippen LogP contribution in [0.2, 0.25) is 0 Å². The van der Waals surface area contributed by atoms with E-state index in [9.17, 15) is 8.78 Å². The lowest BCUT2D eigenvalue weighted by atomic mass is 10.0. The van der Waals surface area contributed by atoms with Crippen molar-refractivity contribution in [1.29, 1.82) is 0 Å². The van der Waals surface area contributed by atoms with Crippen LogP contribution in [-0.2, 0) is 9.47 Å². The first-order valence-electron chi connectivity index (χ1n) is 9.17. The van der Waals surface area contributed by atoms with Gasteiger partial charge in [0.1, 0.15) is 11.6 Å². The Kier molecular flexibility index (Phi) is 8.77. The molecule has 26 heavy (non-hydrogen) atoms. The predicted octanol–water partition coefficient (Wildman–Crippen LogP) is 3.02. The van der Waals surface area contributed by atoms with Crippen LogP contribution in [0.4, 0.5) is 8.78 Å². The van der Waals surface area contributed by atoms with Crippen LogP contribution in [0.25, 0.3) is 0 Å². The fraction of sp³-hybridized carbons (Fsp3) is 0.632. The van der Waals surface area contributed by atoms with Crippen molar-refractivity contribution in [3.63, 3.8) is 0 Å². The summed E-state index contributed by atoms with van der Waals surface area (Å²) < 4.78 is 37.9. The van der Waals surface area contributed by atoms with Gasteiger partial charge in [-0.2, -0.15) is 0 Å². The molecule has 5 nitrogen and oxygen atoms in total. The molecule has 1 heterocycles. The monoisotopic (exact) mass is 369 g/mol. The Balaban J connectivity index is 1.64. The van der Waals surface area contributed by atoms with Gasteiger partial charge in [-0.05, 0) is 38.2 Å². The van der Waals surface area contributed by atoms with Crippen LogP contribution in [0.3, 0.4) is 0 Å². The zero-order valence-electron chi connectivity index (χ0n) is 15.6. The second kappa shape index (κ2) is 11.1. The van der Waals surface area contributed by atoms with Gasteiger partial charge in [-0.1, -0.05) is 6.07 Å². The molecular weight excluding hydrogens is 340 g/mol. The zero-order valence-corrected chi connectivity index (χ0v) is 15.6. The van der Waals surface area contributed by atoms with Crippen molar-refractivity contribution in [1.82, 2.24) is 10.6 Å². The maximum atomic E-state index is 13.8. The van der Waals surface area contributed by atoms with Crippen LogP contribution in [0.5, 0.6) is 0 Å². The first kappa shape index (κ1) is 20.6. The summed E-state index contributed by atoms with van der Waals surface area (Å²) in [7, 11) is 1.66. The molecule has 0 radical (unpaired) electrons. The molecule has 7 heteroatoms. The third-order valence-corrected chi connectivity index (χ3v) is 4.46. The molecule has 1 unspecified atom stereocenters. The molecule has 1 aromatic rings. The summed E-state index contributed by atoms with van der Waals surface area (Å²) in [6, 6.07) is 3.26. The summed E-state index contributed by atoms with van der Waals surface area (Å²) in [5.41, 5.74) is 0.397. The minimum absolute atomic E-state index is 0.327. The van der Waals surface area contributed by atoms with Gasteiger partial charge < -0.3 is 20.1 Å². The Morgan fingerprint density at radius 1 is 1.35 bits per heavy atom. The minimum Gasteiger partial charge on any atom is -0.381 e. The lowest BCUT2D eigenvalue weighted by Crippen LogP contribution is -2.39. The molecule has 2 rings (SSSR count). The fourth-order valence-corrected chi connectivity index (χ4v) is 2.87. The van der Waals surface area contributed by atoms with Gasteiger partial charge in [0.05, 0.1) is 6.04 Å². The maximum Gasteiger partial charge on any atom is 0.191 e. The van der Waals surface area contributed by atoms with Crippen LogP contribution in [-0.4, -0.2) is 46.0 Å². The number of benzene rings is 1. The van der Waals surface area contributed by atoms with Crippen LogP contribution in [0, 0.1) is 17.6 Å². The number of halogens is 2. The van der Waals surface area contributed by atoms with E-state index < -0.39 is 11.6 Å². The average Bonchev–Trinajstić information content (AvgIpc) is 2.64. The molecule has 0 aliphatic carbocycles. The maximum absolute atomic E-state index is 13.8. The van der Waals surface area contributed by atoms with Gasteiger partial charge in [0.15, 0.2) is 5.96 Å². The van der Waals surface area contributed by atoms with E-state index in [0.29, 0.717) is 30.6 Å².